The Kier molecular flexibility index (Phi) is 6.22. The molecule has 0 aliphatic carbocycles. The van der Waals surface area contributed by atoms with Crippen molar-refractivity contribution < 1.29 is 9.53 Å². The van der Waals surface area contributed by atoms with Gasteiger partial charge in [-0.15, -0.1) is 0 Å². The SMILES string of the molecule is COC(=O)c1ccccc1Nc1nc(NCC(C)C)cc(-c2ccccc2)n1. The number of carbonyl (C=O) groups is 1. The smallest absolute Gasteiger partial charge is 0.339 e. The van der Waals surface area contributed by atoms with Crippen LogP contribution in [0.15, 0.2) is 60.7 Å². The number of aromatic nitrogens is 2. The third kappa shape index (κ3) is 4.85. The molecule has 0 unspecified atom stereocenters. The fourth-order valence-electron chi connectivity index (χ4n) is 2.66. The van der Waals surface area contributed by atoms with Gasteiger partial charge in [0.2, 0.25) is 5.95 Å². The molecule has 0 radical (unpaired) electrons. The van der Waals surface area contributed by atoms with E-state index in [1.165, 1.54) is 7.11 Å². The zero-order chi connectivity index (χ0) is 19.9. The van der Waals surface area contributed by atoms with Gasteiger partial charge in [-0.3, -0.25) is 0 Å². The van der Waals surface area contributed by atoms with E-state index in [2.05, 4.69) is 34.4 Å². The van der Waals surface area contributed by atoms with Crippen molar-refractivity contribution in [1.29, 1.82) is 0 Å². The van der Waals surface area contributed by atoms with Crippen molar-refractivity contribution in [3.05, 3.63) is 66.2 Å². The number of esters is 1. The van der Waals surface area contributed by atoms with E-state index in [-0.39, 0.29) is 0 Å². The molecule has 0 bridgehead atoms. The number of hydrogen-bond acceptors (Lipinski definition) is 6. The minimum absolute atomic E-state index is 0.406. The number of ether oxygens (including phenoxy) is 1. The lowest BCUT2D eigenvalue weighted by Gasteiger charge is -2.14. The lowest BCUT2D eigenvalue weighted by atomic mass is 10.1. The van der Waals surface area contributed by atoms with Crippen molar-refractivity contribution in [3.8, 4) is 11.3 Å². The predicted octanol–water partition coefficient (Wildman–Crippen LogP) is 4.74. The van der Waals surface area contributed by atoms with E-state index in [4.69, 9.17) is 4.74 Å². The number of anilines is 3. The molecule has 0 saturated heterocycles. The maximum atomic E-state index is 12.0. The van der Waals surface area contributed by atoms with E-state index in [0.29, 0.717) is 23.1 Å². The third-order valence-corrected chi connectivity index (χ3v) is 4.07. The van der Waals surface area contributed by atoms with Gasteiger partial charge in [-0.2, -0.15) is 4.98 Å². The molecule has 1 aromatic heterocycles. The molecule has 0 amide bonds. The van der Waals surface area contributed by atoms with E-state index >= 15 is 0 Å². The molecule has 28 heavy (non-hydrogen) atoms. The topological polar surface area (TPSA) is 76.1 Å². The average molecular weight is 376 g/mol. The Bertz CT molecular complexity index is 942. The maximum Gasteiger partial charge on any atom is 0.339 e. The molecule has 2 N–H and O–H groups in total. The fraction of sp³-hybridized carbons (Fsp3) is 0.227. The molecular formula is C22H24N4O2. The van der Waals surface area contributed by atoms with Crippen molar-refractivity contribution in [3.63, 3.8) is 0 Å². The largest absolute Gasteiger partial charge is 0.465 e. The summed E-state index contributed by atoms with van der Waals surface area (Å²) in [6, 6.07) is 19.0. The highest BCUT2D eigenvalue weighted by Crippen LogP contribution is 2.25. The fourth-order valence-corrected chi connectivity index (χ4v) is 2.66. The Morgan fingerprint density at radius 1 is 1.04 bits per heavy atom. The molecule has 1 heterocycles. The summed E-state index contributed by atoms with van der Waals surface area (Å²) in [5, 5.41) is 6.51. The van der Waals surface area contributed by atoms with E-state index in [1.807, 2.05) is 42.5 Å². The normalized spacial score (nSPS) is 10.6. The molecule has 3 aromatic rings. The van der Waals surface area contributed by atoms with Gasteiger partial charge in [0.05, 0.1) is 24.1 Å². The molecule has 0 fully saturated rings. The van der Waals surface area contributed by atoms with Crippen LogP contribution in [0.4, 0.5) is 17.5 Å². The number of para-hydroxylation sites is 1. The Morgan fingerprint density at radius 3 is 2.46 bits per heavy atom. The standard InChI is InChI=1S/C22H24N4O2/c1-15(2)14-23-20-13-19(16-9-5-4-6-10-16)25-22(26-20)24-18-12-8-7-11-17(18)21(27)28-3/h4-13,15H,14H2,1-3H3,(H2,23,24,25,26). The van der Waals surface area contributed by atoms with Gasteiger partial charge in [0.25, 0.3) is 0 Å². The zero-order valence-electron chi connectivity index (χ0n) is 16.3. The lowest BCUT2D eigenvalue weighted by molar-refractivity contribution is 0.0602. The predicted molar refractivity (Wildman–Crippen MR) is 112 cm³/mol. The van der Waals surface area contributed by atoms with Gasteiger partial charge in [-0.1, -0.05) is 56.3 Å². The number of nitrogens with zero attached hydrogens (tertiary/aromatic N) is 2. The van der Waals surface area contributed by atoms with Crippen LogP contribution < -0.4 is 10.6 Å². The highest BCUT2D eigenvalue weighted by Gasteiger charge is 2.13. The van der Waals surface area contributed by atoms with Gasteiger partial charge in [0.1, 0.15) is 5.82 Å². The molecule has 0 saturated carbocycles. The molecule has 2 aromatic carbocycles. The molecule has 6 nitrogen and oxygen atoms in total. The first-order chi connectivity index (χ1) is 13.6. The summed E-state index contributed by atoms with van der Waals surface area (Å²) in [6.45, 7) is 5.07. The molecule has 0 spiro atoms. The van der Waals surface area contributed by atoms with Crippen LogP contribution in [0.3, 0.4) is 0 Å². The van der Waals surface area contributed by atoms with E-state index in [1.54, 1.807) is 18.2 Å². The van der Waals surface area contributed by atoms with Gasteiger partial charge in [0.15, 0.2) is 0 Å². The Labute approximate surface area is 165 Å². The van der Waals surface area contributed by atoms with Gasteiger partial charge in [-0.25, -0.2) is 9.78 Å². The van der Waals surface area contributed by atoms with Crippen LogP contribution in [-0.2, 0) is 4.74 Å². The van der Waals surface area contributed by atoms with Gasteiger partial charge in [0, 0.05) is 18.2 Å². The van der Waals surface area contributed by atoms with Gasteiger partial charge in [-0.05, 0) is 18.1 Å². The molecular weight excluding hydrogens is 352 g/mol. The Balaban J connectivity index is 1.98. The minimum atomic E-state index is -0.416. The summed E-state index contributed by atoms with van der Waals surface area (Å²) in [4.78, 5) is 21.2. The van der Waals surface area contributed by atoms with E-state index in [9.17, 15) is 4.79 Å². The zero-order valence-corrected chi connectivity index (χ0v) is 16.3. The summed E-state index contributed by atoms with van der Waals surface area (Å²) in [5.41, 5.74) is 2.80. The number of benzene rings is 2. The molecule has 0 atom stereocenters. The first-order valence-electron chi connectivity index (χ1n) is 9.19. The van der Waals surface area contributed by atoms with Crippen molar-refractivity contribution in [2.75, 3.05) is 24.3 Å². The Morgan fingerprint density at radius 2 is 1.75 bits per heavy atom. The van der Waals surface area contributed by atoms with E-state index in [0.717, 1.165) is 23.6 Å². The number of carbonyl (C=O) groups excluding carboxylic acids is 1. The number of methoxy groups -OCH3 is 1. The quantitative estimate of drug-likeness (QED) is 0.580. The van der Waals surface area contributed by atoms with Crippen LogP contribution in [0.1, 0.15) is 24.2 Å². The molecule has 0 aliphatic rings. The van der Waals surface area contributed by atoms with Gasteiger partial charge < -0.3 is 15.4 Å². The average Bonchev–Trinajstić information content (AvgIpc) is 2.72. The van der Waals surface area contributed by atoms with Crippen molar-refractivity contribution in [1.82, 2.24) is 9.97 Å². The van der Waals surface area contributed by atoms with E-state index < -0.39 is 5.97 Å². The molecule has 0 aliphatic heterocycles. The number of nitrogens with one attached hydrogen (secondary N) is 2. The van der Waals surface area contributed by atoms with Crippen LogP contribution >= 0.6 is 0 Å². The second-order valence-corrected chi connectivity index (χ2v) is 6.76. The van der Waals surface area contributed by atoms with Gasteiger partial charge >= 0.3 is 5.97 Å². The van der Waals surface area contributed by atoms with Crippen LogP contribution in [0, 0.1) is 5.92 Å². The van der Waals surface area contributed by atoms with Crippen LogP contribution in [0.2, 0.25) is 0 Å². The second-order valence-electron chi connectivity index (χ2n) is 6.76. The summed E-state index contributed by atoms with van der Waals surface area (Å²) < 4.78 is 4.86. The van der Waals surface area contributed by atoms with Crippen molar-refractivity contribution in [2.45, 2.75) is 13.8 Å². The Hall–Kier alpha value is -3.41. The number of rotatable bonds is 7. The second kappa shape index (κ2) is 8.99. The monoisotopic (exact) mass is 376 g/mol. The first kappa shape index (κ1) is 19.4. The molecule has 144 valence electrons. The lowest BCUT2D eigenvalue weighted by Crippen LogP contribution is -2.11. The summed E-state index contributed by atoms with van der Waals surface area (Å²) in [5.74, 6) is 1.19. The summed E-state index contributed by atoms with van der Waals surface area (Å²) >= 11 is 0. The summed E-state index contributed by atoms with van der Waals surface area (Å²) in [7, 11) is 1.36. The third-order valence-electron chi connectivity index (χ3n) is 4.07. The highest BCUT2D eigenvalue weighted by molar-refractivity contribution is 5.96. The summed E-state index contributed by atoms with van der Waals surface area (Å²) in [6.07, 6.45) is 0. The van der Waals surface area contributed by atoms with Crippen LogP contribution in [0.5, 0.6) is 0 Å². The highest BCUT2D eigenvalue weighted by atomic mass is 16.5. The first-order valence-corrected chi connectivity index (χ1v) is 9.19. The minimum Gasteiger partial charge on any atom is -0.465 e. The molecule has 6 heteroatoms. The van der Waals surface area contributed by atoms with Crippen LogP contribution in [-0.4, -0.2) is 29.6 Å². The number of hydrogen-bond donors (Lipinski definition) is 2. The van der Waals surface area contributed by atoms with Crippen LogP contribution in [0.25, 0.3) is 11.3 Å². The van der Waals surface area contributed by atoms with Crippen molar-refractivity contribution >= 4 is 23.4 Å². The maximum absolute atomic E-state index is 12.0. The van der Waals surface area contributed by atoms with Crippen molar-refractivity contribution in [2.24, 2.45) is 5.92 Å². The molecule has 3 rings (SSSR count).